The molecule has 2 saturated heterocycles. The Hall–Kier alpha value is -0.870. The van der Waals surface area contributed by atoms with Gasteiger partial charge in [-0.2, -0.15) is 0 Å². The van der Waals surface area contributed by atoms with Crippen LogP contribution in [-0.4, -0.2) is 34.1 Å². The lowest BCUT2D eigenvalue weighted by molar-refractivity contribution is 0.0290. The van der Waals surface area contributed by atoms with Crippen LogP contribution in [-0.2, 0) is 12.8 Å². The summed E-state index contributed by atoms with van der Waals surface area (Å²) in [5.74, 6) is 0.229. The minimum Gasteiger partial charge on any atom is -0.393 e. The number of aliphatic hydroxyl groups excluding tert-OH is 1. The van der Waals surface area contributed by atoms with Crippen molar-refractivity contribution in [3.05, 3.63) is 21.4 Å². The van der Waals surface area contributed by atoms with Crippen molar-refractivity contribution in [3.8, 4) is 0 Å². The summed E-state index contributed by atoms with van der Waals surface area (Å²) in [6.45, 7) is 0. The second-order valence-corrected chi connectivity index (χ2v) is 7.98. The lowest BCUT2D eigenvalue weighted by Crippen LogP contribution is -2.47. The van der Waals surface area contributed by atoms with Crippen molar-refractivity contribution in [3.63, 3.8) is 0 Å². The van der Waals surface area contributed by atoms with Gasteiger partial charge in [-0.05, 0) is 63.0 Å². The summed E-state index contributed by atoms with van der Waals surface area (Å²) >= 11 is 1.73. The molecule has 1 aromatic rings. The summed E-state index contributed by atoms with van der Waals surface area (Å²) in [5.41, 5.74) is 1.42. The molecule has 0 spiro atoms. The third-order valence-electron chi connectivity index (χ3n) is 5.40. The van der Waals surface area contributed by atoms with Crippen LogP contribution >= 0.6 is 11.3 Å². The summed E-state index contributed by atoms with van der Waals surface area (Å²) in [6, 6.07) is 2.71. The molecule has 1 aliphatic carbocycles. The van der Waals surface area contributed by atoms with E-state index in [1.807, 2.05) is 0 Å². The highest BCUT2D eigenvalue weighted by Gasteiger charge is 2.43. The second-order valence-electron chi connectivity index (χ2n) is 6.84. The van der Waals surface area contributed by atoms with Gasteiger partial charge in [0, 0.05) is 17.0 Å². The Morgan fingerprint density at radius 2 is 1.86 bits per heavy atom. The van der Waals surface area contributed by atoms with Crippen molar-refractivity contribution in [2.24, 2.45) is 0 Å². The van der Waals surface area contributed by atoms with Crippen molar-refractivity contribution >= 4 is 17.2 Å². The molecule has 0 radical (unpaired) electrons. The monoisotopic (exact) mass is 305 g/mol. The van der Waals surface area contributed by atoms with Crippen molar-refractivity contribution in [2.45, 2.75) is 76.0 Å². The quantitative estimate of drug-likeness (QED) is 0.810. The molecular formula is C17H23NO2S. The van der Waals surface area contributed by atoms with Gasteiger partial charge in [0.25, 0.3) is 5.91 Å². The molecule has 3 heterocycles. The van der Waals surface area contributed by atoms with E-state index >= 15 is 0 Å². The smallest absolute Gasteiger partial charge is 0.264 e. The van der Waals surface area contributed by atoms with E-state index in [1.54, 1.807) is 11.3 Å². The molecule has 4 rings (SSSR count). The van der Waals surface area contributed by atoms with Crippen LogP contribution in [0.2, 0.25) is 0 Å². The van der Waals surface area contributed by atoms with Crippen molar-refractivity contribution in [2.75, 3.05) is 0 Å². The lowest BCUT2D eigenvalue weighted by Gasteiger charge is -2.36. The number of thiophene rings is 1. The highest BCUT2D eigenvalue weighted by Crippen LogP contribution is 2.38. The van der Waals surface area contributed by atoms with Gasteiger partial charge in [0.05, 0.1) is 11.0 Å². The number of aliphatic hydroxyl groups is 1. The van der Waals surface area contributed by atoms with Gasteiger partial charge in [-0.1, -0.05) is 6.42 Å². The maximum absolute atomic E-state index is 12.9. The van der Waals surface area contributed by atoms with E-state index in [4.69, 9.17) is 0 Å². The van der Waals surface area contributed by atoms with Gasteiger partial charge in [-0.3, -0.25) is 4.79 Å². The Morgan fingerprint density at radius 1 is 1.14 bits per heavy atom. The van der Waals surface area contributed by atoms with Crippen LogP contribution in [0.4, 0.5) is 0 Å². The number of nitrogens with zero attached hydrogens (tertiary/aromatic N) is 1. The molecule has 2 aliphatic heterocycles. The molecule has 1 N–H and O–H groups in total. The zero-order chi connectivity index (χ0) is 14.4. The molecule has 3 nitrogen and oxygen atoms in total. The fourth-order valence-electron chi connectivity index (χ4n) is 4.38. The number of amides is 1. The van der Waals surface area contributed by atoms with Crippen LogP contribution < -0.4 is 0 Å². The fraction of sp³-hybridized carbons (Fsp3) is 0.706. The molecule has 1 amide bonds. The summed E-state index contributed by atoms with van der Waals surface area (Å²) in [7, 11) is 0. The second kappa shape index (κ2) is 5.40. The van der Waals surface area contributed by atoms with Crippen LogP contribution in [0.5, 0.6) is 0 Å². The van der Waals surface area contributed by atoms with E-state index < -0.39 is 0 Å². The molecular weight excluding hydrogens is 282 g/mol. The fourth-order valence-corrected chi connectivity index (χ4v) is 5.58. The molecule has 2 unspecified atom stereocenters. The highest BCUT2D eigenvalue weighted by atomic mass is 32.1. The normalized spacial score (nSPS) is 31.9. The molecule has 1 aromatic heterocycles. The minimum absolute atomic E-state index is 0.202. The van der Waals surface area contributed by atoms with Crippen LogP contribution in [0.15, 0.2) is 6.07 Å². The van der Waals surface area contributed by atoms with Gasteiger partial charge in [-0.15, -0.1) is 11.3 Å². The average Bonchev–Trinajstić information content (AvgIpc) is 2.90. The third-order valence-corrected chi connectivity index (χ3v) is 6.63. The Labute approximate surface area is 130 Å². The van der Waals surface area contributed by atoms with Crippen molar-refractivity contribution in [1.29, 1.82) is 0 Å². The molecule has 2 fully saturated rings. The predicted octanol–water partition coefficient (Wildman–Crippen LogP) is 3.14. The number of hydrogen-bond donors (Lipinski definition) is 1. The van der Waals surface area contributed by atoms with Crippen molar-refractivity contribution in [1.82, 2.24) is 4.90 Å². The van der Waals surface area contributed by atoms with Crippen LogP contribution in [0.25, 0.3) is 0 Å². The van der Waals surface area contributed by atoms with E-state index in [1.165, 1.54) is 29.7 Å². The Kier molecular flexibility index (Phi) is 3.54. The van der Waals surface area contributed by atoms with Gasteiger partial charge in [0.2, 0.25) is 0 Å². The first kappa shape index (κ1) is 13.8. The first-order valence-electron chi connectivity index (χ1n) is 8.34. The molecule has 0 aromatic carbocycles. The first-order chi connectivity index (χ1) is 10.2. The number of hydrogen-bond acceptors (Lipinski definition) is 3. The number of fused-ring (bicyclic) bond motifs is 3. The van der Waals surface area contributed by atoms with Crippen molar-refractivity contribution < 1.29 is 9.90 Å². The van der Waals surface area contributed by atoms with E-state index in [-0.39, 0.29) is 24.1 Å². The standard InChI is InChI=1S/C17H23NO2S/c19-14-9-12-6-7-13(10-14)18(12)17(20)16-8-11-4-2-1-3-5-15(11)21-16/h8,12-14,19H,1-7,9-10H2. The summed E-state index contributed by atoms with van der Waals surface area (Å²) in [6.07, 6.45) is 9.62. The molecule has 3 aliphatic rings. The number of carbonyl (C=O) groups is 1. The maximum atomic E-state index is 12.9. The SMILES string of the molecule is O=C(c1cc2c(s1)CCCCC2)N1C2CCC1CC(O)C2. The van der Waals surface area contributed by atoms with Gasteiger partial charge >= 0.3 is 0 Å². The number of carbonyl (C=O) groups excluding carboxylic acids is 1. The number of rotatable bonds is 1. The third kappa shape index (κ3) is 2.42. The van der Waals surface area contributed by atoms with E-state index in [2.05, 4.69) is 11.0 Å². The summed E-state index contributed by atoms with van der Waals surface area (Å²) < 4.78 is 0. The lowest BCUT2D eigenvalue weighted by atomic mass is 9.99. The van der Waals surface area contributed by atoms with E-state index in [0.717, 1.165) is 43.4 Å². The zero-order valence-electron chi connectivity index (χ0n) is 12.4. The van der Waals surface area contributed by atoms with Crippen LogP contribution in [0.1, 0.15) is 65.1 Å². The number of piperidine rings is 1. The molecule has 2 bridgehead atoms. The van der Waals surface area contributed by atoms with E-state index in [9.17, 15) is 9.90 Å². The number of aryl methyl sites for hydroxylation is 2. The van der Waals surface area contributed by atoms with Gasteiger partial charge in [0.15, 0.2) is 0 Å². The Bertz CT molecular complexity index is 515. The average molecular weight is 305 g/mol. The van der Waals surface area contributed by atoms with Gasteiger partial charge < -0.3 is 10.0 Å². The summed E-state index contributed by atoms with van der Waals surface area (Å²) in [4.78, 5) is 17.4. The maximum Gasteiger partial charge on any atom is 0.264 e. The Balaban J connectivity index is 1.58. The van der Waals surface area contributed by atoms with E-state index in [0.29, 0.717) is 0 Å². The van der Waals surface area contributed by atoms with Crippen LogP contribution in [0.3, 0.4) is 0 Å². The zero-order valence-corrected chi connectivity index (χ0v) is 13.2. The van der Waals surface area contributed by atoms with Crippen LogP contribution in [0, 0.1) is 0 Å². The molecule has 21 heavy (non-hydrogen) atoms. The Morgan fingerprint density at radius 3 is 2.62 bits per heavy atom. The topological polar surface area (TPSA) is 40.5 Å². The largest absolute Gasteiger partial charge is 0.393 e. The van der Waals surface area contributed by atoms with Gasteiger partial charge in [-0.25, -0.2) is 0 Å². The first-order valence-corrected chi connectivity index (χ1v) is 9.16. The highest BCUT2D eigenvalue weighted by molar-refractivity contribution is 7.14. The van der Waals surface area contributed by atoms with Gasteiger partial charge in [0.1, 0.15) is 0 Å². The molecule has 2 atom stereocenters. The summed E-state index contributed by atoms with van der Waals surface area (Å²) in [5, 5.41) is 9.89. The minimum atomic E-state index is -0.202. The molecule has 114 valence electrons. The molecule has 0 saturated carbocycles. The predicted molar refractivity (Wildman–Crippen MR) is 83.8 cm³/mol. The molecule has 4 heteroatoms.